The number of carbonyl (C=O) groups is 1. The van der Waals surface area contributed by atoms with E-state index in [4.69, 9.17) is 10.8 Å². The summed E-state index contributed by atoms with van der Waals surface area (Å²) in [6, 6.07) is 4.97. The zero-order valence-electron chi connectivity index (χ0n) is 6.52. The summed E-state index contributed by atoms with van der Waals surface area (Å²) in [5, 5.41) is 9.54. The molecule has 0 spiro atoms. The van der Waals surface area contributed by atoms with Crippen molar-refractivity contribution in [3.05, 3.63) is 23.8 Å². The minimum Gasteiger partial charge on any atom is -0.478 e. The number of rotatable bonds is 1. The largest absolute Gasteiger partial charge is 0.478 e. The fourth-order valence-electron chi connectivity index (χ4n) is 1.15. The fourth-order valence-corrected chi connectivity index (χ4v) is 1.96. The SMILES string of the molecule is Nc1nsc2c(C(=O)O)cccc12. The summed E-state index contributed by atoms with van der Waals surface area (Å²) in [4.78, 5) is 10.8. The van der Waals surface area contributed by atoms with Crippen LogP contribution in [0.2, 0.25) is 0 Å². The second-order valence-corrected chi connectivity index (χ2v) is 3.33. The molecule has 0 amide bonds. The number of carboxylic acid groups (broad SMARTS) is 1. The maximum absolute atomic E-state index is 10.8. The Labute approximate surface area is 77.8 Å². The molecule has 1 aromatic heterocycles. The molecule has 0 fully saturated rings. The lowest BCUT2D eigenvalue weighted by molar-refractivity contribution is 0.0699. The van der Waals surface area contributed by atoms with Crippen molar-refractivity contribution in [1.82, 2.24) is 4.37 Å². The van der Waals surface area contributed by atoms with E-state index in [1.54, 1.807) is 18.2 Å². The molecule has 5 heteroatoms. The standard InChI is InChI=1S/C8H6N2O2S/c9-7-4-2-1-3-5(8(11)12)6(4)13-10-7/h1-3H,(H2,9,10)(H,11,12). The van der Waals surface area contributed by atoms with Crippen molar-refractivity contribution in [2.24, 2.45) is 0 Å². The zero-order chi connectivity index (χ0) is 9.42. The Balaban J connectivity index is 2.84. The summed E-state index contributed by atoms with van der Waals surface area (Å²) < 4.78 is 4.53. The Morgan fingerprint density at radius 2 is 2.31 bits per heavy atom. The monoisotopic (exact) mass is 194 g/mol. The van der Waals surface area contributed by atoms with Crippen LogP contribution in [0.3, 0.4) is 0 Å². The summed E-state index contributed by atoms with van der Waals surface area (Å²) >= 11 is 1.11. The number of nitrogens with zero attached hydrogens (tertiary/aromatic N) is 1. The Morgan fingerprint density at radius 3 is 3.00 bits per heavy atom. The summed E-state index contributed by atoms with van der Waals surface area (Å²) in [5.74, 6) is -0.558. The number of hydrogen-bond acceptors (Lipinski definition) is 4. The van der Waals surface area contributed by atoms with Crippen molar-refractivity contribution in [2.45, 2.75) is 0 Å². The van der Waals surface area contributed by atoms with Crippen LogP contribution >= 0.6 is 11.5 Å². The van der Waals surface area contributed by atoms with E-state index in [0.717, 1.165) is 11.5 Å². The van der Waals surface area contributed by atoms with Gasteiger partial charge >= 0.3 is 5.97 Å². The molecule has 0 atom stereocenters. The number of benzene rings is 1. The van der Waals surface area contributed by atoms with Gasteiger partial charge in [0.1, 0.15) is 5.82 Å². The average molecular weight is 194 g/mol. The number of carboxylic acids is 1. The maximum Gasteiger partial charge on any atom is 0.337 e. The lowest BCUT2D eigenvalue weighted by atomic mass is 10.2. The van der Waals surface area contributed by atoms with E-state index in [0.29, 0.717) is 15.9 Å². The molecule has 0 aliphatic carbocycles. The molecule has 0 aliphatic rings. The molecule has 66 valence electrons. The van der Waals surface area contributed by atoms with Gasteiger partial charge in [0.15, 0.2) is 0 Å². The molecule has 0 bridgehead atoms. The fraction of sp³-hybridized carbons (Fsp3) is 0. The van der Waals surface area contributed by atoms with Gasteiger partial charge in [-0.2, -0.15) is 4.37 Å². The predicted octanol–water partition coefficient (Wildman–Crippen LogP) is 1.58. The first-order chi connectivity index (χ1) is 6.20. The first-order valence-electron chi connectivity index (χ1n) is 3.57. The lowest BCUT2D eigenvalue weighted by Crippen LogP contribution is -1.95. The third kappa shape index (κ3) is 1.13. The van der Waals surface area contributed by atoms with Gasteiger partial charge in [-0.15, -0.1) is 0 Å². The van der Waals surface area contributed by atoms with Crippen LogP contribution in [0.4, 0.5) is 5.82 Å². The second kappa shape index (κ2) is 2.70. The maximum atomic E-state index is 10.8. The summed E-state index contributed by atoms with van der Waals surface area (Å²) in [5.41, 5.74) is 5.81. The van der Waals surface area contributed by atoms with Crippen LogP contribution in [0, 0.1) is 0 Å². The molecular formula is C8H6N2O2S. The van der Waals surface area contributed by atoms with Gasteiger partial charge in [0, 0.05) is 5.39 Å². The quantitative estimate of drug-likeness (QED) is 0.722. The molecule has 2 rings (SSSR count). The van der Waals surface area contributed by atoms with Crippen LogP contribution in [-0.2, 0) is 0 Å². The molecule has 1 heterocycles. The number of nitrogen functional groups attached to an aromatic ring is 1. The summed E-state index contributed by atoms with van der Waals surface area (Å²) in [7, 11) is 0. The molecule has 13 heavy (non-hydrogen) atoms. The number of anilines is 1. The molecule has 2 aromatic rings. The molecule has 0 saturated carbocycles. The number of nitrogens with two attached hydrogens (primary N) is 1. The highest BCUT2D eigenvalue weighted by molar-refractivity contribution is 7.14. The highest BCUT2D eigenvalue weighted by Gasteiger charge is 2.11. The Kier molecular flexibility index (Phi) is 1.66. The van der Waals surface area contributed by atoms with Gasteiger partial charge in [0.25, 0.3) is 0 Å². The van der Waals surface area contributed by atoms with E-state index < -0.39 is 5.97 Å². The van der Waals surface area contributed by atoms with Crippen molar-refractivity contribution in [3.63, 3.8) is 0 Å². The Hall–Kier alpha value is -1.62. The minimum atomic E-state index is -0.950. The van der Waals surface area contributed by atoms with Crippen molar-refractivity contribution in [2.75, 3.05) is 5.73 Å². The van der Waals surface area contributed by atoms with Crippen LogP contribution in [-0.4, -0.2) is 15.4 Å². The number of aromatic carboxylic acids is 1. The van der Waals surface area contributed by atoms with E-state index in [2.05, 4.69) is 4.37 Å². The first kappa shape index (κ1) is 8.00. The van der Waals surface area contributed by atoms with Gasteiger partial charge in [-0.3, -0.25) is 0 Å². The molecule has 1 aromatic carbocycles. The van der Waals surface area contributed by atoms with Crippen LogP contribution in [0.15, 0.2) is 18.2 Å². The number of aromatic nitrogens is 1. The summed E-state index contributed by atoms with van der Waals surface area (Å²) in [6.07, 6.45) is 0. The van der Waals surface area contributed by atoms with E-state index in [9.17, 15) is 4.79 Å². The average Bonchev–Trinajstić information content (AvgIpc) is 2.48. The second-order valence-electron chi connectivity index (χ2n) is 2.56. The van der Waals surface area contributed by atoms with E-state index in [-0.39, 0.29) is 5.56 Å². The zero-order valence-corrected chi connectivity index (χ0v) is 7.34. The topological polar surface area (TPSA) is 76.2 Å². The smallest absolute Gasteiger partial charge is 0.337 e. The van der Waals surface area contributed by atoms with Gasteiger partial charge in [0.05, 0.1) is 10.3 Å². The normalized spacial score (nSPS) is 10.5. The first-order valence-corrected chi connectivity index (χ1v) is 4.34. The molecule has 0 aliphatic heterocycles. The van der Waals surface area contributed by atoms with Crippen LogP contribution in [0.1, 0.15) is 10.4 Å². The molecule has 4 nitrogen and oxygen atoms in total. The minimum absolute atomic E-state index is 0.256. The van der Waals surface area contributed by atoms with Crippen molar-refractivity contribution in [1.29, 1.82) is 0 Å². The number of hydrogen-bond donors (Lipinski definition) is 2. The van der Waals surface area contributed by atoms with Gasteiger partial charge < -0.3 is 10.8 Å². The van der Waals surface area contributed by atoms with E-state index in [1.807, 2.05) is 0 Å². The summed E-state index contributed by atoms with van der Waals surface area (Å²) in [6.45, 7) is 0. The van der Waals surface area contributed by atoms with Crippen molar-refractivity contribution < 1.29 is 9.90 Å². The van der Waals surface area contributed by atoms with E-state index >= 15 is 0 Å². The molecule has 0 saturated heterocycles. The van der Waals surface area contributed by atoms with Crippen LogP contribution in [0.25, 0.3) is 10.1 Å². The lowest BCUT2D eigenvalue weighted by Gasteiger charge is -1.94. The highest BCUT2D eigenvalue weighted by Crippen LogP contribution is 2.27. The Bertz CT molecular complexity index is 478. The predicted molar refractivity (Wildman–Crippen MR) is 51.0 cm³/mol. The van der Waals surface area contributed by atoms with Crippen molar-refractivity contribution >= 4 is 33.4 Å². The Morgan fingerprint density at radius 1 is 1.54 bits per heavy atom. The molecular weight excluding hydrogens is 188 g/mol. The van der Waals surface area contributed by atoms with Crippen LogP contribution < -0.4 is 5.73 Å². The van der Waals surface area contributed by atoms with Gasteiger partial charge in [-0.1, -0.05) is 6.07 Å². The number of fused-ring (bicyclic) bond motifs is 1. The molecule has 0 radical (unpaired) electrons. The van der Waals surface area contributed by atoms with E-state index in [1.165, 1.54) is 0 Å². The highest BCUT2D eigenvalue weighted by atomic mass is 32.1. The molecule has 3 N–H and O–H groups in total. The third-order valence-electron chi connectivity index (χ3n) is 1.76. The van der Waals surface area contributed by atoms with Gasteiger partial charge in [-0.05, 0) is 23.7 Å². The van der Waals surface area contributed by atoms with Gasteiger partial charge in [0.2, 0.25) is 0 Å². The third-order valence-corrected chi connectivity index (χ3v) is 2.67. The molecule has 0 unspecified atom stereocenters. The van der Waals surface area contributed by atoms with Crippen LogP contribution in [0.5, 0.6) is 0 Å². The van der Waals surface area contributed by atoms with Crippen molar-refractivity contribution in [3.8, 4) is 0 Å². The van der Waals surface area contributed by atoms with Gasteiger partial charge in [-0.25, -0.2) is 4.79 Å².